The topological polar surface area (TPSA) is 75.7 Å². The first-order valence-corrected chi connectivity index (χ1v) is 6.86. The third-order valence-electron chi connectivity index (χ3n) is 2.20. The van der Waals surface area contributed by atoms with E-state index in [1.165, 1.54) is 0 Å². The maximum Gasteiger partial charge on any atom is 0.321 e. The van der Waals surface area contributed by atoms with E-state index in [1.807, 2.05) is 0 Å². The minimum atomic E-state index is -3.54. The van der Waals surface area contributed by atoms with Crippen molar-refractivity contribution in [2.24, 2.45) is 0 Å². The zero-order chi connectivity index (χ0) is 12.2. The van der Waals surface area contributed by atoms with Crippen LogP contribution in [0.3, 0.4) is 0 Å². The molecule has 1 rings (SSSR count). The molecule has 0 amide bonds. The lowest BCUT2D eigenvalue weighted by Gasteiger charge is -2.19. The highest BCUT2D eigenvalue weighted by Crippen LogP contribution is 2.20. The summed E-state index contributed by atoms with van der Waals surface area (Å²) in [5.74, 6) is -0.523. The molecule has 0 aromatic carbocycles. The second kappa shape index (κ2) is 5.60. The van der Waals surface area contributed by atoms with Crippen molar-refractivity contribution in [1.82, 2.24) is 9.03 Å². The van der Waals surface area contributed by atoms with Crippen molar-refractivity contribution < 1.29 is 17.9 Å². The molecule has 0 aliphatic heterocycles. The number of nitrogens with zero attached hydrogens (tertiary/aromatic N) is 1. The molecular formula is C9H18N2O4S. The lowest BCUT2D eigenvalue weighted by atomic mass is 10.6. The van der Waals surface area contributed by atoms with Gasteiger partial charge in [0.1, 0.15) is 6.54 Å². The van der Waals surface area contributed by atoms with E-state index >= 15 is 0 Å². The summed E-state index contributed by atoms with van der Waals surface area (Å²) < 4.78 is 31.8. The molecule has 1 saturated carbocycles. The van der Waals surface area contributed by atoms with Crippen LogP contribution in [-0.2, 0) is 19.7 Å². The monoisotopic (exact) mass is 250 g/mol. The highest BCUT2D eigenvalue weighted by atomic mass is 32.2. The van der Waals surface area contributed by atoms with Crippen molar-refractivity contribution in [2.75, 3.05) is 19.7 Å². The van der Waals surface area contributed by atoms with Gasteiger partial charge in [0.05, 0.1) is 6.61 Å². The van der Waals surface area contributed by atoms with Crippen molar-refractivity contribution in [3.63, 3.8) is 0 Å². The molecule has 6 nitrogen and oxygen atoms in total. The molecule has 7 heteroatoms. The highest BCUT2D eigenvalue weighted by Gasteiger charge is 2.31. The normalized spacial score (nSPS) is 16.4. The number of hydrogen-bond acceptors (Lipinski definition) is 4. The Balaban J connectivity index is 2.54. The van der Waals surface area contributed by atoms with Crippen molar-refractivity contribution >= 4 is 16.2 Å². The van der Waals surface area contributed by atoms with Gasteiger partial charge in [-0.2, -0.15) is 17.4 Å². The summed E-state index contributed by atoms with van der Waals surface area (Å²) in [6, 6.07) is 0.0428. The van der Waals surface area contributed by atoms with Gasteiger partial charge in [0.25, 0.3) is 10.2 Å². The predicted molar refractivity (Wildman–Crippen MR) is 59.0 cm³/mol. The van der Waals surface area contributed by atoms with Gasteiger partial charge >= 0.3 is 5.97 Å². The first-order valence-electron chi connectivity index (χ1n) is 5.42. The first kappa shape index (κ1) is 13.4. The molecule has 0 heterocycles. The molecule has 0 bridgehead atoms. The van der Waals surface area contributed by atoms with Crippen LogP contribution in [0.1, 0.15) is 26.7 Å². The van der Waals surface area contributed by atoms with Crippen LogP contribution in [0.4, 0.5) is 0 Å². The number of hydrogen-bond donors (Lipinski definition) is 1. The fourth-order valence-corrected chi connectivity index (χ4v) is 2.62. The van der Waals surface area contributed by atoms with E-state index in [1.54, 1.807) is 13.8 Å². The number of nitrogens with one attached hydrogen (secondary N) is 1. The SMILES string of the molecule is CCOC(=O)CN(CC)S(=O)(=O)NC1CC1. The smallest absolute Gasteiger partial charge is 0.321 e. The van der Waals surface area contributed by atoms with E-state index in [0.717, 1.165) is 17.1 Å². The number of likely N-dealkylation sites (N-methyl/N-ethyl adjacent to an activating group) is 1. The Kier molecular flexibility index (Phi) is 4.69. The van der Waals surface area contributed by atoms with Gasteiger partial charge in [0, 0.05) is 12.6 Å². The second-order valence-corrected chi connectivity index (χ2v) is 5.33. The van der Waals surface area contributed by atoms with Gasteiger partial charge in [-0.15, -0.1) is 0 Å². The summed E-state index contributed by atoms with van der Waals surface area (Å²) in [7, 11) is -3.54. The van der Waals surface area contributed by atoms with Crippen LogP contribution in [0.2, 0.25) is 0 Å². The molecule has 1 aliphatic carbocycles. The molecule has 0 radical (unpaired) electrons. The summed E-state index contributed by atoms with van der Waals surface area (Å²) in [5.41, 5.74) is 0. The third-order valence-corrected chi connectivity index (χ3v) is 3.89. The molecule has 1 aliphatic rings. The zero-order valence-corrected chi connectivity index (χ0v) is 10.4. The van der Waals surface area contributed by atoms with E-state index in [-0.39, 0.29) is 25.7 Å². The molecule has 1 fully saturated rings. The largest absolute Gasteiger partial charge is 0.465 e. The number of ether oxygens (including phenoxy) is 1. The van der Waals surface area contributed by atoms with Crippen molar-refractivity contribution in [3.8, 4) is 0 Å². The van der Waals surface area contributed by atoms with Crippen molar-refractivity contribution in [3.05, 3.63) is 0 Å². The van der Waals surface area contributed by atoms with Crippen LogP contribution in [0.15, 0.2) is 0 Å². The molecular weight excluding hydrogens is 232 g/mol. The molecule has 0 aromatic heterocycles. The lowest BCUT2D eigenvalue weighted by molar-refractivity contribution is -0.143. The Hall–Kier alpha value is -0.660. The molecule has 16 heavy (non-hydrogen) atoms. The number of esters is 1. The maximum absolute atomic E-state index is 11.8. The van der Waals surface area contributed by atoms with Crippen molar-refractivity contribution in [2.45, 2.75) is 32.7 Å². The standard InChI is InChI=1S/C9H18N2O4S/c1-3-11(7-9(12)15-4-2)16(13,14)10-8-5-6-8/h8,10H,3-7H2,1-2H3. The Morgan fingerprint density at radius 1 is 1.44 bits per heavy atom. The summed E-state index contributed by atoms with van der Waals surface area (Å²) in [4.78, 5) is 11.2. The molecule has 1 N–H and O–H groups in total. The van der Waals surface area contributed by atoms with Crippen LogP contribution in [0.5, 0.6) is 0 Å². The van der Waals surface area contributed by atoms with Crippen LogP contribution in [-0.4, -0.2) is 44.4 Å². The summed E-state index contributed by atoms with van der Waals surface area (Å²) in [5, 5.41) is 0. The molecule has 0 unspecified atom stereocenters. The Labute approximate surface area is 96.1 Å². The number of carbonyl (C=O) groups is 1. The van der Waals surface area contributed by atoms with Gasteiger partial charge in [-0.3, -0.25) is 4.79 Å². The molecule has 0 spiro atoms. The third kappa shape index (κ3) is 4.07. The van der Waals surface area contributed by atoms with Gasteiger partial charge in [0.15, 0.2) is 0 Å². The molecule has 0 atom stereocenters. The average Bonchev–Trinajstić information content (AvgIpc) is 2.97. The Morgan fingerprint density at radius 2 is 2.06 bits per heavy atom. The first-order chi connectivity index (χ1) is 7.49. The van der Waals surface area contributed by atoms with Gasteiger partial charge in [-0.05, 0) is 19.8 Å². The molecule has 0 saturated heterocycles. The Morgan fingerprint density at radius 3 is 2.50 bits per heavy atom. The minimum absolute atomic E-state index is 0.0428. The van der Waals surface area contributed by atoms with E-state index in [9.17, 15) is 13.2 Å². The Bertz CT molecular complexity index is 337. The quantitative estimate of drug-likeness (QED) is 0.639. The van der Waals surface area contributed by atoms with Crippen LogP contribution >= 0.6 is 0 Å². The van der Waals surface area contributed by atoms with Crippen LogP contribution in [0, 0.1) is 0 Å². The van der Waals surface area contributed by atoms with E-state index in [0.29, 0.717) is 0 Å². The van der Waals surface area contributed by atoms with E-state index in [4.69, 9.17) is 4.74 Å². The summed E-state index contributed by atoms with van der Waals surface area (Å²) in [6.07, 6.45) is 1.74. The van der Waals surface area contributed by atoms with E-state index < -0.39 is 16.2 Å². The van der Waals surface area contributed by atoms with E-state index in [2.05, 4.69) is 4.72 Å². The van der Waals surface area contributed by atoms with Gasteiger partial charge in [-0.1, -0.05) is 6.92 Å². The van der Waals surface area contributed by atoms with Crippen molar-refractivity contribution in [1.29, 1.82) is 0 Å². The fraction of sp³-hybridized carbons (Fsp3) is 0.889. The number of carbonyl (C=O) groups excluding carboxylic acids is 1. The van der Waals surface area contributed by atoms with Crippen LogP contribution in [0.25, 0.3) is 0 Å². The van der Waals surface area contributed by atoms with Gasteiger partial charge in [0.2, 0.25) is 0 Å². The number of rotatable bonds is 7. The molecule has 0 aromatic rings. The lowest BCUT2D eigenvalue weighted by Crippen LogP contribution is -2.44. The maximum atomic E-state index is 11.8. The predicted octanol–water partition coefficient (Wildman–Crippen LogP) is -0.132. The minimum Gasteiger partial charge on any atom is -0.465 e. The fourth-order valence-electron chi connectivity index (χ4n) is 1.20. The zero-order valence-electron chi connectivity index (χ0n) is 9.60. The van der Waals surface area contributed by atoms with Gasteiger partial charge in [-0.25, -0.2) is 0 Å². The second-order valence-electron chi connectivity index (χ2n) is 3.63. The summed E-state index contributed by atoms with van der Waals surface area (Å²) in [6.45, 7) is 3.65. The molecule has 94 valence electrons. The highest BCUT2D eigenvalue weighted by molar-refractivity contribution is 7.87. The summed E-state index contributed by atoms with van der Waals surface area (Å²) >= 11 is 0. The van der Waals surface area contributed by atoms with Gasteiger partial charge < -0.3 is 4.74 Å². The average molecular weight is 250 g/mol. The van der Waals surface area contributed by atoms with Crippen LogP contribution < -0.4 is 4.72 Å².